The molecule has 1 rings (SSSR count). The first-order valence-corrected chi connectivity index (χ1v) is 5.62. The Labute approximate surface area is 87.3 Å². The van der Waals surface area contributed by atoms with Crippen molar-refractivity contribution >= 4 is 23.5 Å². The van der Waals surface area contributed by atoms with Crippen molar-refractivity contribution in [3.63, 3.8) is 0 Å². The van der Waals surface area contributed by atoms with Gasteiger partial charge in [0.25, 0.3) is 5.91 Å². The summed E-state index contributed by atoms with van der Waals surface area (Å²) in [6.07, 6.45) is 3.66. The minimum atomic E-state index is -0.454. The highest BCUT2D eigenvalue weighted by molar-refractivity contribution is 7.98. The van der Waals surface area contributed by atoms with Gasteiger partial charge in [-0.15, -0.1) is 0 Å². The first kappa shape index (κ1) is 10.8. The van der Waals surface area contributed by atoms with Gasteiger partial charge >= 0.3 is 0 Å². The summed E-state index contributed by atoms with van der Waals surface area (Å²) < 4.78 is 0. The molecule has 0 aliphatic carbocycles. The van der Waals surface area contributed by atoms with Crippen LogP contribution in [0.3, 0.4) is 0 Å². The van der Waals surface area contributed by atoms with Crippen molar-refractivity contribution in [3.05, 3.63) is 23.9 Å². The van der Waals surface area contributed by atoms with E-state index in [1.807, 2.05) is 6.26 Å². The number of pyridine rings is 1. The molecular formula is C9H13N3OS. The number of hydrogen-bond acceptors (Lipinski definition) is 4. The molecule has 3 N–H and O–H groups in total. The van der Waals surface area contributed by atoms with E-state index in [2.05, 4.69) is 10.3 Å². The first-order valence-electron chi connectivity index (χ1n) is 4.23. The molecule has 4 nitrogen and oxygen atoms in total. The standard InChI is InChI=1S/C9H13N3OS/c1-14-6-5-12-9-7(8(10)13)3-2-4-11-9/h2-4H,5-6H2,1H3,(H2,10,13)(H,11,12). The average molecular weight is 211 g/mol. The van der Waals surface area contributed by atoms with Gasteiger partial charge in [-0.3, -0.25) is 4.79 Å². The molecule has 0 spiro atoms. The third kappa shape index (κ3) is 2.92. The lowest BCUT2D eigenvalue weighted by molar-refractivity contribution is 0.100. The van der Waals surface area contributed by atoms with Gasteiger partial charge in [0, 0.05) is 18.5 Å². The van der Waals surface area contributed by atoms with Crippen molar-refractivity contribution in [1.82, 2.24) is 4.98 Å². The lowest BCUT2D eigenvalue weighted by Crippen LogP contribution is -2.16. The van der Waals surface area contributed by atoms with Crippen LogP contribution >= 0.6 is 11.8 Å². The number of aromatic nitrogens is 1. The summed E-state index contributed by atoms with van der Waals surface area (Å²) in [5, 5.41) is 3.06. The van der Waals surface area contributed by atoms with E-state index in [1.165, 1.54) is 0 Å². The van der Waals surface area contributed by atoms with Crippen LogP contribution in [-0.4, -0.2) is 29.4 Å². The Morgan fingerprint density at radius 1 is 1.71 bits per heavy atom. The van der Waals surface area contributed by atoms with E-state index in [1.54, 1.807) is 30.1 Å². The van der Waals surface area contributed by atoms with Crippen molar-refractivity contribution in [2.45, 2.75) is 0 Å². The molecule has 0 saturated heterocycles. The molecule has 0 fully saturated rings. The van der Waals surface area contributed by atoms with Gasteiger partial charge in [0.1, 0.15) is 5.82 Å². The Kier molecular flexibility index (Phi) is 4.25. The van der Waals surface area contributed by atoms with Crippen LogP contribution in [0, 0.1) is 0 Å². The molecule has 0 saturated carbocycles. The van der Waals surface area contributed by atoms with Crippen LogP contribution in [0.5, 0.6) is 0 Å². The van der Waals surface area contributed by atoms with Crippen molar-refractivity contribution in [3.8, 4) is 0 Å². The van der Waals surface area contributed by atoms with Crippen molar-refractivity contribution in [2.24, 2.45) is 5.73 Å². The molecule has 0 bridgehead atoms. The maximum Gasteiger partial charge on any atom is 0.252 e. The molecule has 14 heavy (non-hydrogen) atoms. The van der Waals surface area contributed by atoms with Crippen LogP contribution in [0.15, 0.2) is 18.3 Å². The number of nitrogens with zero attached hydrogens (tertiary/aromatic N) is 1. The van der Waals surface area contributed by atoms with Crippen LogP contribution in [-0.2, 0) is 0 Å². The smallest absolute Gasteiger partial charge is 0.252 e. The molecule has 5 heteroatoms. The van der Waals surface area contributed by atoms with E-state index < -0.39 is 5.91 Å². The van der Waals surface area contributed by atoms with Gasteiger partial charge in [-0.1, -0.05) is 0 Å². The van der Waals surface area contributed by atoms with E-state index >= 15 is 0 Å². The molecule has 1 aromatic rings. The molecule has 0 atom stereocenters. The summed E-state index contributed by atoms with van der Waals surface area (Å²) >= 11 is 1.73. The number of nitrogens with one attached hydrogen (secondary N) is 1. The third-order valence-corrected chi connectivity index (χ3v) is 2.28. The van der Waals surface area contributed by atoms with Crippen molar-refractivity contribution in [2.75, 3.05) is 23.9 Å². The molecular weight excluding hydrogens is 198 g/mol. The number of anilines is 1. The zero-order valence-corrected chi connectivity index (χ0v) is 8.80. The maximum atomic E-state index is 11.0. The normalized spacial score (nSPS) is 9.79. The molecule has 0 aromatic carbocycles. The second-order valence-corrected chi connectivity index (χ2v) is 3.67. The van der Waals surface area contributed by atoms with Crippen LogP contribution < -0.4 is 11.1 Å². The number of hydrogen-bond donors (Lipinski definition) is 2. The molecule has 0 radical (unpaired) electrons. The molecule has 1 heterocycles. The summed E-state index contributed by atoms with van der Waals surface area (Å²) in [5.41, 5.74) is 5.63. The number of carbonyl (C=O) groups excluding carboxylic acids is 1. The van der Waals surface area contributed by atoms with E-state index in [9.17, 15) is 4.79 Å². The highest BCUT2D eigenvalue weighted by atomic mass is 32.2. The first-order chi connectivity index (χ1) is 6.75. The van der Waals surface area contributed by atoms with E-state index in [4.69, 9.17) is 5.73 Å². The van der Waals surface area contributed by atoms with Gasteiger partial charge in [0.05, 0.1) is 5.56 Å². The monoisotopic (exact) mass is 211 g/mol. The van der Waals surface area contributed by atoms with E-state index in [-0.39, 0.29) is 0 Å². The molecule has 0 unspecified atom stereocenters. The van der Waals surface area contributed by atoms with Crippen molar-refractivity contribution in [1.29, 1.82) is 0 Å². The Morgan fingerprint density at radius 3 is 3.14 bits per heavy atom. The highest BCUT2D eigenvalue weighted by Gasteiger charge is 2.06. The number of carbonyl (C=O) groups is 1. The fraction of sp³-hybridized carbons (Fsp3) is 0.333. The van der Waals surface area contributed by atoms with Gasteiger partial charge < -0.3 is 11.1 Å². The Hall–Kier alpha value is -1.23. The number of amides is 1. The predicted octanol–water partition coefficient (Wildman–Crippen LogP) is 0.955. The fourth-order valence-corrected chi connectivity index (χ4v) is 1.32. The fourth-order valence-electron chi connectivity index (χ4n) is 1.02. The minimum absolute atomic E-state index is 0.439. The predicted molar refractivity (Wildman–Crippen MR) is 59.6 cm³/mol. The van der Waals surface area contributed by atoms with E-state index in [0.29, 0.717) is 11.4 Å². The molecule has 76 valence electrons. The largest absolute Gasteiger partial charge is 0.369 e. The van der Waals surface area contributed by atoms with Gasteiger partial charge in [-0.2, -0.15) is 11.8 Å². The van der Waals surface area contributed by atoms with Crippen molar-refractivity contribution < 1.29 is 4.79 Å². The maximum absolute atomic E-state index is 11.0. The Balaban J connectivity index is 2.69. The topological polar surface area (TPSA) is 68.0 Å². The number of nitrogens with two attached hydrogens (primary N) is 1. The number of thioether (sulfide) groups is 1. The number of rotatable bonds is 5. The molecule has 0 aliphatic rings. The van der Waals surface area contributed by atoms with Gasteiger partial charge in [-0.25, -0.2) is 4.98 Å². The van der Waals surface area contributed by atoms with Gasteiger partial charge in [0.2, 0.25) is 0 Å². The second-order valence-electron chi connectivity index (χ2n) is 2.68. The SMILES string of the molecule is CSCCNc1ncccc1C(N)=O. The van der Waals surface area contributed by atoms with Crippen LogP contribution in [0.1, 0.15) is 10.4 Å². The zero-order valence-electron chi connectivity index (χ0n) is 7.99. The van der Waals surface area contributed by atoms with Gasteiger partial charge in [-0.05, 0) is 18.4 Å². The van der Waals surface area contributed by atoms with E-state index in [0.717, 1.165) is 12.3 Å². The summed E-state index contributed by atoms with van der Waals surface area (Å²) in [7, 11) is 0. The highest BCUT2D eigenvalue weighted by Crippen LogP contribution is 2.10. The quantitative estimate of drug-likeness (QED) is 0.712. The van der Waals surface area contributed by atoms with Gasteiger partial charge in [0.15, 0.2) is 0 Å². The summed E-state index contributed by atoms with van der Waals surface area (Å²) in [5.74, 6) is 1.08. The lowest BCUT2D eigenvalue weighted by atomic mass is 10.2. The second kappa shape index (κ2) is 5.49. The molecule has 1 amide bonds. The molecule has 0 aliphatic heterocycles. The van der Waals surface area contributed by atoms with Crippen LogP contribution in [0.25, 0.3) is 0 Å². The van der Waals surface area contributed by atoms with Crippen LogP contribution in [0.2, 0.25) is 0 Å². The minimum Gasteiger partial charge on any atom is -0.369 e. The zero-order chi connectivity index (χ0) is 10.4. The number of primary amides is 1. The Bertz CT molecular complexity index is 317. The molecule has 1 aromatic heterocycles. The average Bonchev–Trinajstić information content (AvgIpc) is 2.19. The Morgan fingerprint density at radius 2 is 2.50 bits per heavy atom. The van der Waals surface area contributed by atoms with Crippen LogP contribution in [0.4, 0.5) is 5.82 Å². The third-order valence-electron chi connectivity index (χ3n) is 1.67. The summed E-state index contributed by atoms with van der Waals surface area (Å²) in [4.78, 5) is 15.0. The summed E-state index contributed by atoms with van der Waals surface area (Å²) in [6.45, 7) is 0.776. The summed E-state index contributed by atoms with van der Waals surface area (Å²) in [6, 6.07) is 3.36. The lowest BCUT2D eigenvalue weighted by Gasteiger charge is -2.07.